The molecule has 0 aromatic heterocycles. The normalized spacial score (nSPS) is 10.2. The molecule has 18 heavy (non-hydrogen) atoms. The van der Waals surface area contributed by atoms with Crippen LogP contribution in [0, 0.1) is 11.8 Å². The van der Waals surface area contributed by atoms with Crippen molar-refractivity contribution in [3.63, 3.8) is 0 Å². The molecule has 0 radical (unpaired) electrons. The summed E-state index contributed by atoms with van der Waals surface area (Å²) in [6.07, 6.45) is 1.03. The third kappa shape index (κ3) is 5.33. The number of ether oxygens (including phenoxy) is 1. The number of aliphatic hydroxyl groups is 1. The lowest BCUT2D eigenvalue weighted by atomic mass is 10.1. The summed E-state index contributed by atoms with van der Waals surface area (Å²) in [5, 5.41) is 8.75. The van der Waals surface area contributed by atoms with Gasteiger partial charge in [-0.3, -0.25) is 0 Å². The predicted molar refractivity (Wildman–Crippen MR) is 73.2 cm³/mol. The monoisotopic (exact) mass is 247 g/mol. The van der Waals surface area contributed by atoms with Gasteiger partial charge in [0.25, 0.3) is 0 Å². The Labute approximate surface area is 109 Å². The summed E-state index contributed by atoms with van der Waals surface area (Å²) < 4.78 is 5.04. The van der Waals surface area contributed by atoms with Gasteiger partial charge in [0.15, 0.2) is 0 Å². The van der Waals surface area contributed by atoms with Crippen molar-refractivity contribution < 1.29 is 9.84 Å². The van der Waals surface area contributed by atoms with Crippen LogP contribution in [-0.2, 0) is 11.3 Å². The molecular weight excluding hydrogens is 226 g/mol. The molecule has 0 heterocycles. The zero-order chi connectivity index (χ0) is 13.2. The fourth-order valence-electron chi connectivity index (χ4n) is 1.76. The van der Waals surface area contributed by atoms with Crippen LogP contribution in [0.4, 0.5) is 0 Å². The summed E-state index contributed by atoms with van der Waals surface area (Å²) in [4.78, 5) is 2.25. The molecule has 0 aliphatic heterocycles. The second kappa shape index (κ2) is 8.71. The third-order valence-electron chi connectivity index (χ3n) is 2.65. The molecule has 3 heteroatoms. The number of hydrogen-bond acceptors (Lipinski definition) is 3. The topological polar surface area (TPSA) is 32.7 Å². The van der Waals surface area contributed by atoms with Crippen LogP contribution in [0.2, 0.25) is 0 Å². The van der Waals surface area contributed by atoms with Crippen LogP contribution in [0.1, 0.15) is 17.5 Å². The highest BCUT2D eigenvalue weighted by atomic mass is 16.5. The van der Waals surface area contributed by atoms with E-state index in [9.17, 15) is 0 Å². The summed E-state index contributed by atoms with van der Waals surface area (Å²) >= 11 is 0. The predicted octanol–water partition coefficient (Wildman–Crippen LogP) is 1.50. The Balaban J connectivity index is 2.60. The van der Waals surface area contributed by atoms with E-state index in [4.69, 9.17) is 9.84 Å². The standard InChI is InChI=1S/C15H21NO2/c1-16(10-6-12-18-2)13-15-8-4-3-7-14(15)9-5-11-17/h3-4,7-8,17H,6,10-13H2,1-2H3. The van der Waals surface area contributed by atoms with Crippen LogP contribution < -0.4 is 0 Å². The lowest BCUT2D eigenvalue weighted by Crippen LogP contribution is -2.20. The molecule has 0 aliphatic carbocycles. The number of hydrogen-bond donors (Lipinski definition) is 1. The molecule has 1 rings (SSSR count). The quantitative estimate of drug-likeness (QED) is 0.611. The maximum absolute atomic E-state index is 8.75. The van der Waals surface area contributed by atoms with Gasteiger partial charge in [0.2, 0.25) is 0 Å². The van der Waals surface area contributed by atoms with Gasteiger partial charge in [0.1, 0.15) is 6.61 Å². The van der Waals surface area contributed by atoms with Gasteiger partial charge in [0.05, 0.1) is 0 Å². The van der Waals surface area contributed by atoms with Crippen molar-refractivity contribution >= 4 is 0 Å². The lowest BCUT2D eigenvalue weighted by molar-refractivity contribution is 0.178. The van der Waals surface area contributed by atoms with Crippen LogP contribution in [0.15, 0.2) is 24.3 Å². The summed E-state index contributed by atoms with van der Waals surface area (Å²) in [5.74, 6) is 5.68. The number of rotatable bonds is 6. The van der Waals surface area contributed by atoms with Crippen LogP contribution >= 0.6 is 0 Å². The molecule has 3 nitrogen and oxygen atoms in total. The van der Waals surface area contributed by atoms with E-state index in [1.165, 1.54) is 5.56 Å². The van der Waals surface area contributed by atoms with Crippen molar-refractivity contribution in [2.24, 2.45) is 0 Å². The van der Waals surface area contributed by atoms with Gasteiger partial charge < -0.3 is 14.7 Å². The van der Waals surface area contributed by atoms with Crippen molar-refractivity contribution in [1.82, 2.24) is 4.90 Å². The molecule has 0 aliphatic rings. The number of benzene rings is 1. The van der Waals surface area contributed by atoms with Gasteiger partial charge >= 0.3 is 0 Å². The maximum atomic E-state index is 8.75. The minimum Gasteiger partial charge on any atom is -0.385 e. The van der Waals surface area contributed by atoms with Crippen LogP contribution in [0.5, 0.6) is 0 Å². The van der Waals surface area contributed by atoms with E-state index in [1.807, 2.05) is 18.2 Å². The molecule has 0 unspecified atom stereocenters. The first-order chi connectivity index (χ1) is 8.77. The highest BCUT2D eigenvalue weighted by molar-refractivity contribution is 5.41. The van der Waals surface area contributed by atoms with Crippen molar-refractivity contribution in [1.29, 1.82) is 0 Å². The maximum Gasteiger partial charge on any atom is 0.104 e. The zero-order valence-electron chi connectivity index (χ0n) is 11.1. The average molecular weight is 247 g/mol. The first-order valence-corrected chi connectivity index (χ1v) is 6.13. The van der Waals surface area contributed by atoms with E-state index in [0.29, 0.717) is 0 Å². The third-order valence-corrected chi connectivity index (χ3v) is 2.65. The molecule has 1 N–H and O–H groups in total. The highest BCUT2D eigenvalue weighted by Gasteiger charge is 2.03. The Kier molecular flexibility index (Phi) is 7.12. The molecule has 0 amide bonds. The van der Waals surface area contributed by atoms with E-state index >= 15 is 0 Å². The van der Waals surface area contributed by atoms with Crippen molar-refractivity contribution in [2.75, 3.05) is 33.9 Å². The Morgan fingerprint density at radius 3 is 2.83 bits per heavy atom. The number of methoxy groups -OCH3 is 1. The van der Waals surface area contributed by atoms with E-state index in [2.05, 4.69) is 29.9 Å². The van der Waals surface area contributed by atoms with E-state index in [1.54, 1.807) is 7.11 Å². The molecule has 1 aromatic carbocycles. The number of nitrogens with zero attached hydrogens (tertiary/aromatic N) is 1. The Bertz CT molecular complexity index is 406. The second-order valence-electron chi connectivity index (χ2n) is 4.20. The molecule has 1 aromatic rings. The van der Waals surface area contributed by atoms with Gasteiger partial charge in [0, 0.05) is 32.4 Å². The Hall–Kier alpha value is -1.34. The zero-order valence-corrected chi connectivity index (χ0v) is 11.1. The highest BCUT2D eigenvalue weighted by Crippen LogP contribution is 2.10. The summed E-state index contributed by atoms with van der Waals surface area (Å²) in [5.41, 5.74) is 2.18. The molecule has 0 atom stereocenters. The molecule has 0 saturated heterocycles. The summed E-state index contributed by atoms with van der Waals surface area (Å²) in [6.45, 7) is 2.55. The first-order valence-electron chi connectivity index (χ1n) is 6.13. The van der Waals surface area contributed by atoms with Crippen molar-refractivity contribution in [2.45, 2.75) is 13.0 Å². The Morgan fingerprint density at radius 2 is 2.11 bits per heavy atom. The fraction of sp³-hybridized carbons (Fsp3) is 0.467. The van der Waals surface area contributed by atoms with E-state index in [0.717, 1.165) is 31.7 Å². The fourth-order valence-corrected chi connectivity index (χ4v) is 1.76. The summed E-state index contributed by atoms with van der Waals surface area (Å²) in [6, 6.07) is 8.05. The van der Waals surface area contributed by atoms with Crippen molar-refractivity contribution in [3.8, 4) is 11.8 Å². The SMILES string of the molecule is COCCCN(C)Cc1ccccc1C#CCO. The van der Waals surface area contributed by atoms with Crippen molar-refractivity contribution in [3.05, 3.63) is 35.4 Å². The molecular formula is C15H21NO2. The largest absolute Gasteiger partial charge is 0.385 e. The minimum atomic E-state index is -0.0992. The molecule has 98 valence electrons. The average Bonchev–Trinajstić information content (AvgIpc) is 2.38. The van der Waals surface area contributed by atoms with Crippen LogP contribution in [0.25, 0.3) is 0 Å². The number of aliphatic hydroxyl groups excluding tert-OH is 1. The lowest BCUT2D eigenvalue weighted by Gasteiger charge is -2.17. The van der Waals surface area contributed by atoms with E-state index in [-0.39, 0.29) is 6.61 Å². The minimum absolute atomic E-state index is 0.0992. The van der Waals surface area contributed by atoms with Gasteiger partial charge in [-0.15, -0.1) is 0 Å². The smallest absolute Gasteiger partial charge is 0.104 e. The van der Waals surface area contributed by atoms with E-state index < -0.39 is 0 Å². The molecule has 0 spiro atoms. The second-order valence-corrected chi connectivity index (χ2v) is 4.20. The Morgan fingerprint density at radius 1 is 1.33 bits per heavy atom. The van der Waals surface area contributed by atoms with Gasteiger partial charge in [-0.2, -0.15) is 0 Å². The van der Waals surface area contributed by atoms with Crippen LogP contribution in [0.3, 0.4) is 0 Å². The first kappa shape index (κ1) is 14.7. The van der Waals surface area contributed by atoms with Gasteiger partial charge in [-0.25, -0.2) is 0 Å². The van der Waals surface area contributed by atoms with Gasteiger partial charge in [-0.1, -0.05) is 30.0 Å². The molecule has 0 saturated carbocycles. The molecule has 0 bridgehead atoms. The summed E-state index contributed by atoms with van der Waals surface area (Å²) in [7, 11) is 3.81. The van der Waals surface area contributed by atoms with Gasteiger partial charge in [-0.05, 0) is 25.1 Å². The molecule has 0 fully saturated rings. The van der Waals surface area contributed by atoms with Crippen LogP contribution in [-0.4, -0.2) is 43.9 Å².